The molecule has 2 rings (SSSR count). The molecule has 0 fully saturated rings. The molecule has 0 saturated heterocycles. The van der Waals surface area contributed by atoms with Crippen molar-refractivity contribution >= 4 is 16.6 Å². The summed E-state index contributed by atoms with van der Waals surface area (Å²) in [4.78, 5) is 22.7. The first-order chi connectivity index (χ1) is 7.18. The number of aromatic nitrogens is 2. The Labute approximate surface area is 86.1 Å². The summed E-state index contributed by atoms with van der Waals surface area (Å²) in [6.07, 6.45) is 1.60. The highest BCUT2D eigenvalue weighted by molar-refractivity contribution is 5.81. The third-order valence-corrected chi connectivity index (χ3v) is 2.13. The van der Waals surface area contributed by atoms with E-state index in [9.17, 15) is 9.59 Å². The molecule has 2 aromatic rings. The van der Waals surface area contributed by atoms with Gasteiger partial charge in [-0.1, -0.05) is 18.2 Å². The van der Waals surface area contributed by atoms with E-state index in [1.165, 1.54) is 11.6 Å². The minimum atomic E-state index is -0.219. The molecule has 0 amide bonds. The van der Waals surface area contributed by atoms with Gasteiger partial charge in [0.05, 0.1) is 11.6 Å². The van der Waals surface area contributed by atoms with E-state index in [1.54, 1.807) is 18.3 Å². The second kappa shape index (κ2) is 3.65. The molecule has 1 aromatic heterocycles. The number of rotatable bonds is 2. The van der Waals surface area contributed by atoms with Gasteiger partial charge in [0.25, 0.3) is 5.56 Å². The van der Waals surface area contributed by atoms with Crippen LogP contribution in [0.2, 0.25) is 0 Å². The van der Waals surface area contributed by atoms with Gasteiger partial charge in [0, 0.05) is 5.39 Å². The van der Waals surface area contributed by atoms with Gasteiger partial charge in [0.1, 0.15) is 6.54 Å². The molecule has 0 aliphatic rings. The molecule has 0 radical (unpaired) electrons. The van der Waals surface area contributed by atoms with E-state index in [0.29, 0.717) is 5.39 Å². The Morgan fingerprint density at radius 1 is 1.40 bits per heavy atom. The quantitative estimate of drug-likeness (QED) is 0.729. The van der Waals surface area contributed by atoms with Gasteiger partial charge >= 0.3 is 0 Å². The number of nitrogens with zero attached hydrogens (tertiary/aromatic N) is 2. The van der Waals surface area contributed by atoms with Crippen molar-refractivity contribution in [3.8, 4) is 0 Å². The largest absolute Gasteiger partial charge is 0.298 e. The van der Waals surface area contributed by atoms with Crippen molar-refractivity contribution in [3.05, 3.63) is 40.8 Å². The van der Waals surface area contributed by atoms with E-state index < -0.39 is 0 Å². The highest BCUT2D eigenvalue weighted by atomic mass is 16.1. The molecule has 1 aromatic carbocycles. The standard InChI is InChI=1S/C11H10N2O2/c1-8(14)7-13-11(15)10-5-3-2-4-9(10)6-12-13/h2-6H,7H2,1H3. The summed E-state index contributed by atoms with van der Waals surface area (Å²) in [5, 5.41) is 5.32. The van der Waals surface area contributed by atoms with E-state index >= 15 is 0 Å². The molecule has 4 heteroatoms. The molecule has 0 atom stereocenters. The number of hydrogen-bond acceptors (Lipinski definition) is 3. The van der Waals surface area contributed by atoms with Gasteiger partial charge in [-0.2, -0.15) is 5.10 Å². The third kappa shape index (κ3) is 1.79. The lowest BCUT2D eigenvalue weighted by Gasteiger charge is -2.02. The summed E-state index contributed by atoms with van der Waals surface area (Å²) in [5.74, 6) is -0.0834. The maximum Gasteiger partial charge on any atom is 0.275 e. The van der Waals surface area contributed by atoms with Crippen molar-refractivity contribution in [3.63, 3.8) is 0 Å². The molecule has 0 spiro atoms. The minimum Gasteiger partial charge on any atom is -0.298 e. The van der Waals surface area contributed by atoms with Crippen LogP contribution in [-0.4, -0.2) is 15.6 Å². The molecule has 1 heterocycles. The lowest BCUT2D eigenvalue weighted by Crippen LogP contribution is -2.25. The minimum absolute atomic E-state index is 0.0314. The summed E-state index contributed by atoms with van der Waals surface area (Å²) in [6.45, 7) is 1.47. The molecule has 0 unspecified atom stereocenters. The van der Waals surface area contributed by atoms with Gasteiger partial charge in [-0.3, -0.25) is 9.59 Å². The van der Waals surface area contributed by atoms with E-state index in [2.05, 4.69) is 5.10 Å². The molecular weight excluding hydrogens is 192 g/mol. The van der Waals surface area contributed by atoms with Gasteiger partial charge in [0.2, 0.25) is 0 Å². The SMILES string of the molecule is CC(=O)Cn1ncc2ccccc2c1=O. The number of hydrogen-bond donors (Lipinski definition) is 0. The molecule has 0 aliphatic heterocycles. The molecule has 15 heavy (non-hydrogen) atoms. The summed E-state index contributed by atoms with van der Waals surface area (Å²) < 4.78 is 1.19. The van der Waals surface area contributed by atoms with Crippen LogP contribution in [0.3, 0.4) is 0 Å². The molecular formula is C11H10N2O2. The van der Waals surface area contributed by atoms with Crippen molar-refractivity contribution in [1.29, 1.82) is 0 Å². The normalized spacial score (nSPS) is 10.5. The second-order valence-electron chi connectivity index (χ2n) is 3.40. The molecule has 0 saturated carbocycles. The molecule has 0 aliphatic carbocycles. The van der Waals surface area contributed by atoms with E-state index in [0.717, 1.165) is 5.39 Å². The number of benzene rings is 1. The van der Waals surface area contributed by atoms with Crippen LogP contribution in [0, 0.1) is 0 Å². The maximum absolute atomic E-state index is 11.8. The molecule has 0 N–H and O–H groups in total. The average molecular weight is 202 g/mol. The zero-order chi connectivity index (χ0) is 10.8. The summed E-state index contributed by atoms with van der Waals surface area (Å²) in [7, 11) is 0. The molecule has 4 nitrogen and oxygen atoms in total. The topological polar surface area (TPSA) is 52.0 Å². The first-order valence-electron chi connectivity index (χ1n) is 4.63. The Balaban J connectivity index is 2.65. The predicted octanol–water partition coefficient (Wildman–Crippen LogP) is 0.985. The Kier molecular flexibility index (Phi) is 2.33. The number of fused-ring (bicyclic) bond motifs is 1. The van der Waals surface area contributed by atoms with Gasteiger partial charge in [0.15, 0.2) is 5.78 Å². The Hall–Kier alpha value is -1.97. The number of ketones is 1. The zero-order valence-corrected chi connectivity index (χ0v) is 8.30. The van der Waals surface area contributed by atoms with Gasteiger partial charge in [-0.15, -0.1) is 0 Å². The van der Waals surface area contributed by atoms with Crippen molar-refractivity contribution < 1.29 is 4.79 Å². The van der Waals surface area contributed by atoms with Crippen LogP contribution in [0.5, 0.6) is 0 Å². The Morgan fingerprint density at radius 2 is 2.13 bits per heavy atom. The van der Waals surface area contributed by atoms with Crippen LogP contribution >= 0.6 is 0 Å². The van der Waals surface area contributed by atoms with Gasteiger partial charge in [-0.05, 0) is 13.0 Å². The fourth-order valence-electron chi connectivity index (χ4n) is 1.45. The van der Waals surface area contributed by atoms with Crippen LogP contribution < -0.4 is 5.56 Å². The van der Waals surface area contributed by atoms with E-state index in [4.69, 9.17) is 0 Å². The number of Topliss-reactive ketones (excluding diaryl/α,β-unsaturated/α-hetero) is 1. The van der Waals surface area contributed by atoms with Crippen molar-refractivity contribution in [2.75, 3.05) is 0 Å². The Morgan fingerprint density at radius 3 is 2.87 bits per heavy atom. The first kappa shape index (κ1) is 9.58. The van der Waals surface area contributed by atoms with Crippen molar-refractivity contribution in [2.45, 2.75) is 13.5 Å². The first-order valence-corrected chi connectivity index (χ1v) is 4.63. The lowest BCUT2D eigenvalue weighted by atomic mass is 10.2. The van der Waals surface area contributed by atoms with Crippen LogP contribution in [0.1, 0.15) is 6.92 Å². The Bertz CT molecular complexity index is 572. The van der Waals surface area contributed by atoms with Crippen LogP contribution in [0.4, 0.5) is 0 Å². The molecule has 76 valence electrons. The van der Waals surface area contributed by atoms with Crippen molar-refractivity contribution in [1.82, 2.24) is 9.78 Å². The zero-order valence-electron chi connectivity index (χ0n) is 8.30. The van der Waals surface area contributed by atoms with Crippen LogP contribution in [0.15, 0.2) is 35.3 Å². The third-order valence-electron chi connectivity index (χ3n) is 2.13. The maximum atomic E-state index is 11.8. The predicted molar refractivity (Wildman–Crippen MR) is 56.7 cm³/mol. The summed E-state index contributed by atoms with van der Waals surface area (Å²) >= 11 is 0. The molecule has 0 bridgehead atoms. The fourth-order valence-corrected chi connectivity index (χ4v) is 1.45. The smallest absolute Gasteiger partial charge is 0.275 e. The van der Waals surface area contributed by atoms with Gasteiger partial charge in [-0.25, -0.2) is 4.68 Å². The van der Waals surface area contributed by atoms with Crippen LogP contribution in [0.25, 0.3) is 10.8 Å². The lowest BCUT2D eigenvalue weighted by molar-refractivity contribution is -0.117. The number of carbonyl (C=O) groups is 1. The summed E-state index contributed by atoms with van der Waals surface area (Å²) in [6, 6.07) is 7.19. The average Bonchev–Trinajstić information content (AvgIpc) is 2.22. The van der Waals surface area contributed by atoms with E-state index in [1.807, 2.05) is 12.1 Å². The van der Waals surface area contributed by atoms with Crippen LogP contribution in [-0.2, 0) is 11.3 Å². The second-order valence-corrected chi connectivity index (χ2v) is 3.40. The van der Waals surface area contributed by atoms with E-state index in [-0.39, 0.29) is 17.9 Å². The van der Waals surface area contributed by atoms with Crippen molar-refractivity contribution in [2.24, 2.45) is 0 Å². The monoisotopic (exact) mass is 202 g/mol. The van der Waals surface area contributed by atoms with Gasteiger partial charge < -0.3 is 0 Å². The number of carbonyl (C=O) groups excluding carboxylic acids is 1. The highest BCUT2D eigenvalue weighted by Crippen LogP contribution is 2.05. The summed E-state index contributed by atoms with van der Waals surface area (Å²) in [5.41, 5.74) is -0.219. The fraction of sp³-hybridized carbons (Fsp3) is 0.182. The highest BCUT2D eigenvalue weighted by Gasteiger charge is 2.04.